The summed E-state index contributed by atoms with van der Waals surface area (Å²) in [5.74, 6) is 0.623. The minimum absolute atomic E-state index is 0.188. The maximum absolute atomic E-state index is 10.8. The van der Waals surface area contributed by atoms with Crippen molar-refractivity contribution in [1.29, 1.82) is 0 Å². The summed E-state index contributed by atoms with van der Waals surface area (Å²) in [6.07, 6.45) is -0.122. The van der Waals surface area contributed by atoms with Crippen LogP contribution in [0.2, 0.25) is 0 Å². The number of hydrogen-bond donors (Lipinski definition) is 1. The highest BCUT2D eigenvalue weighted by atomic mass is 16.7. The van der Waals surface area contributed by atoms with Crippen LogP contribution in [0, 0.1) is 0 Å². The first kappa shape index (κ1) is 11.3. The summed E-state index contributed by atoms with van der Waals surface area (Å²) in [7, 11) is 0. The Bertz CT molecular complexity index is 484. The van der Waals surface area contributed by atoms with Crippen LogP contribution < -0.4 is 9.47 Å². The van der Waals surface area contributed by atoms with Crippen LogP contribution in [0.4, 0.5) is 0 Å². The van der Waals surface area contributed by atoms with Gasteiger partial charge in [0.1, 0.15) is 11.5 Å². The van der Waals surface area contributed by atoms with E-state index in [2.05, 4.69) is 0 Å². The lowest BCUT2D eigenvalue weighted by Crippen LogP contribution is -2.22. The zero-order chi connectivity index (χ0) is 12.7. The standard InChI is InChI=1S/C13H14O5/c1-7(12(14)15)17-8-2-3-11-10(6-8)9-4-5-16-13(9)18-11/h2-3,6-7,9,13H,4-5H2,1H3,(H,14,15)/t7-,9+,13+/m0/s1. The topological polar surface area (TPSA) is 65.0 Å². The molecule has 5 heteroatoms. The Kier molecular flexibility index (Phi) is 2.63. The molecule has 18 heavy (non-hydrogen) atoms. The summed E-state index contributed by atoms with van der Waals surface area (Å²) in [4.78, 5) is 10.8. The molecule has 0 spiro atoms. The van der Waals surface area contributed by atoms with E-state index in [1.54, 1.807) is 12.1 Å². The molecule has 2 aliphatic rings. The van der Waals surface area contributed by atoms with E-state index < -0.39 is 12.1 Å². The van der Waals surface area contributed by atoms with Crippen molar-refractivity contribution in [1.82, 2.24) is 0 Å². The van der Waals surface area contributed by atoms with Gasteiger partial charge in [0.05, 0.1) is 12.5 Å². The van der Waals surface area contributed by atoms with Crippen molar-refractivity contribution in [3.05, 3.63) is 23.8 Å². The number of aliphatic carboxylic acids is 1. The number of carbonyl (C=O) groups is 1. The summed E-state index contributed by atoms with van der Waals surface area (Å²) in [6, 6.07) is 5.38. The second-order valence-electron chi connectivity index (χ2n) is 4.55. The molecule has 3 rings (SSSR count). The summed E-state index contributed by atoms with van der Waals surface area (Å²) in [5, 5.41) is 8.82. The molecule has 2 aliphatic heterocycles. The monoisotopic (exact) mass is 250 g/mol. The lowest BCUT2D eigenvalue weighted by molar-refractivity contribution is -0.144. The van der Waals surface area contributed by atoms with Gasteiger partial charge in [-0.3, -0.25) is 0 Å². The predicted octanol–water partition coefficient (Wildman–Crippen LogP) is 1.76. The molecule has 0 amide bonds. The first-order valence-corrected chi connectivity index (χ1v) is 5.97. The molecule has 2 heterocycles. The van der Waals surface area contributed by atoms with E-state index >= 15 is 0 Å². The molecule has 1 N–H and O–H groups in total. The SMILES string of the molecule is C[C@H](Oc1ccc2c(c1)[C@H]1CCO[C@@H]1O2)C(=O)O. The van der Waals surface area contributed by atoms with Crippen LogP contribution >= 0.6 is 0 Å². The second-order valence-corrected chi connectivity index (χ2v) is 4.55. The molecular formula is C13H14O5. The van der Waals surface area contributed by atoms with Crippen LogP contribution in [0.15, 0.2) is 18.2 Å². The number of rotatable bonds is 3. The van der Waals surface area contributed by atoms with Crippen LogP contribution in [0.3, 0.4) is 0 Å². The van der Waals surface area contributed by atoms with Crippen molar-refractivity contribution in [2.24, 2.45) is 0 Å². The van der Waals surface area contributed by atoms with Gasteiger partial charge in [0.25, 0.3) is 0 Å². The average molecular weight is 250 g/mol. The molecule has 0 bridgehead atoms. The average Bonchev–Trinajstić information content (AvgIpc) is 2.89. The third-order valence-corrected chi connectivity index (χ3v) is 3.32. The Hall–Kier alpha value is -1.75. The molecule has 96 valence electrons. The highest BCUT2D eigenvalue weighted by Gasteiger charge is 2.39. The van der Waals surface area contributed by atoms with Crippen LogP contribution in [0.25, 0.3) is 0 Å². The van der Waals surface area contributed by atoms with E-state index in [4.69, 9.17) is 19.3 Å². The highest BCUT2D eigenvalue weighted by Crippen LogP contribution is 2.45. The van der Waals surface area contributed by atoms with Gasteiger partial charge in [0.2, 0.25) is 6.29 Å². The maximum atomic E-state index is 10.8. The largest absolute Gasteiger partial charge is 0.479 e. The van der Waals surface area contributed by atoms with E-state index in [0.29, 0.717) is 12.4 Å². The fourth-order valence-corrected chi connectivity index (χ4v) is 2.36. The quantitative estimate of drug-likeness (QED) is 0.885. The van der Waals surface area contributed by atoms with E-state index in [0.717, 1.165) is 17.7 Å². The fraction of sp³-hybridized carbons (Fsp3) is 0.462. The van der Waals surface area contributed by atoms with E-state index in [1.165, 1.54) is 6.92 Å². The minimum atomic E-state index is -0.978. The first-order chi connectivity index (χ1) is 8.65. The summed E-state index contributed by atoms with van der Waals surface area (Å²) in [6.45, 7) is 2.21. The molecule has 5 nitrogen and oxygen atoms in total. The first-order valence-electron chi connectivity index (χ1n) is 5.97. The molecule has 1 aromatic carbocycles. The Morgan fingerprint density at radius 2 is 2.39 bits per heavy atom. The molecule has 0 aromatic heterocycles. The van der Waals surface area contributed by atoms with Crippen molar-refractivity contribution in [3.63, 3.8) is 0 Å². The zero-order valence-electron chi connectivity index (χ0n) is 9.96. The van der Waals surface area contributed by atoms with Gasteiger partial charge in [0, 0.05) is 5.56 Å². The maximum Gasteiger partial charge on any atom is 0.344 e. The molecule has 1 saturated heterocycles. The summed E-state index contributed by atoms with van der Waals surface area (Å²) >= 11 is 0. The normalized spacial score (nSPS) is 26.1. The Morgan fingerprint density at radius 1 is 1.56 bits per heavy atom. The van der Waals surface area contributed by atoms with Crippen LogP contribution in [0.1, 0.15) is 24.8 Å². The molecule has 0 unspecified atom stereocenters. The van der Waals surface area contributed by atoms with Crippen LogP contribution in [-0.2, 0) is 9.53 Å². The van der Waals surface area contributed by atoms with Crippen molar-refractivity contribution >= 4 is 5.97 Å². The van der Waals surface area contributed by atoms with Gasteiger partial charge >= 0.3 is 5.97 Å². The number of ether oxygens (including phenoxy) is 3. The third kappa shape index (κ3) is 1.80. The molecule has 0 aliphatic carbocycles. The van der Waals surface area contributed by atoms with Gasteiger partial charge in [-0.05, 0) is 31.5 Å². The number of hydrogen-bond acceptors (Lipinski definition) is 4. The van der Waals surface area contributed by atoms with Gasteiger partial charge in [-0.25, -0.2) is 4.79 Å². The van der Waals surface area contributed by atoms with Gasteiger partial charge in [0.15, 0.2) is 6.10 Å². The summed E-state index contributed by atoms with van der Waals surface area (Å²) in [5.41, 5.74) is 1.05. The smallest absolute Gasteiger partial charge is 0.344 e. The van der Waals surface area contributed by atoms with Gasteiger partial charge in [-0.15, -0.1) is 0 Å². The molecule has 0 radical (unpaired) electrons. The second kappa shape index (κ2) is 4.17. The predicted molar refractivity (Wildman–Crippen MR) is 61.9 cm³/mol. The Morgan fingerprint density at radius 3 is 3.17 bits per heavy atom. The fourth-order valence-electron chi connectivity index (χ4n) is 2.36. The lowest BCUT2D eigenvalue weighted by Gasteiger charge is -2.11. The minimum Gasteiger partial charge on any atom is -0.479 e. The number of benzene rings is 1. The third-order valence-electron chi connectivity index (χ3n) is 3.32. The van der Waals surface area contributed by atoms with Crippen molar-refractivity contribution in [3.8, 4) is 11.5 Å². The van der Waals surface area contributed by atoms with Crippen molar-refractivity contribution < 1.29 is 24.1 Å². The van der Waals surface area contributed by atoms with Crippen LogP contribution in [0.5, 0.6) is 11.5 Å². The van der Waals surface area contributed by atoms with Crippen LogP contribution in [-0.4, -0.2) is 30.1 Å². The summed E-state index contributed by atoms with van der Waals surface area (Å²) < 4.78 is 16.5. The van der Waals surface area contributed by atoms with Gasteiger partial charge in [-0.1, -0.05) is 0 Å². The van der Waals surface area contributed by atoms with Gasteiger partial charge in [-0.2, -0.15) is 0 Å². The molecule has 3 atom stereocenters. The number of fused-ring (bicyclic) bond motifs is 3. The van der Waals surface area contributed by atoms with Crippen molar-refractivity contribution in [2.75, 3.05) is 6.61 Å². The molecular weight excluding hydrogens is 236 g/mol. The Balaban J connectivity index is 1.83. The zero-order valence-corrected chi connectivity index (χ0v) is 9.96. The van der Waals surface area contributed by atoms with E-state index in [-0.39, 0.29) is 12.2 Å². The van der Waals surface area contributed by atoms with Crippen molar-refractivity contribution in [2.45, 2.75) is 31.7 Å². The molecule has 1 fully saturated rings. The Labute approximate surface area is 104 Å². The molecule has 0 saturated carbocycles. The number of carboxylic acid groups (broad SMARTS) is 1. The van der Waals surface area contributed by atoms with E-state index in [1.807, 2.05) is 6.07 Å². The lowest BCUT2D eigenvalue weighted by atomic mass is 9.98. The van der Waals surface area contributed by atoms with E-state index in [9.17, 15) is 4.79 Å². The molecule has 1 aromatic rings. The highest BCUT2D eigenvalue weighted by molar-refractivity contribution is 5.72. The van der Waals surface area contributed by atoms with Gasteiger partial charge < -0.3 is 19.3 Å². The number of carboxylic acids is 1.